The maximum absolute atomic E-state index is 12.7. The lowest BCUT2D eigenvalue weighted by molar-refractivity contribution is -0.155. The van der Waals surface area contributed by atoms with Gasteiger partial charge in [0, 0.05) is 10.9 Å². The molecular weight excluding hydrogens is 336 g/mol. The Balaban J connectivity index is 1.99. The number of aryl methyl sites for hydroxylation is 1. The Hall–Kier alpha value is -2.47. The topological polar surface area (TPSA) is 61.2 Å². The standard InChI is InChI=1S/C19H20N2O3S/c1-12-7-5-6-8-13(12)14-10-25-17-16(14)20-11-21(18(17)23)9-15(22)24-19(2,3)4/h5-8,10-11H,9H2,1-4H3. The molecule has 0 amide bonds. The molecule has 0 atom stereocenters. The lowest BCUT2D eigenvalue weighted by Crippen LogP contribution is -2.30. The molecule has 5 nitrogen and oxygen atoms in total. The molecule has 0 saturated carbocycles. The molecule has 0 unspecified atom stereocenters. The van der Waals surface area contributed by atoms with Gasteiger partial charge in [0.05, 0.1) is 11.8 Å². The molecule has 6 heteroatoms. The molecule has 0 fully saturated rings. The maximum atomic E-state index is 12.7. The van der Waals surface area contributed by atoms with Crippen LogP contribution in [0.3, 0.4) is 0 Å². The molecule has 0 N–H and O–H groups in total. The molecule has 25 heavy (non-hydrogen) atoms. The number of nitrogens with zero attached hydrogens (tertiary/aromatic N) is 2. The highest BCUT2D eigenvalue weighted by molar-refractivity contribution is 7.17. The Bertz CT molecular complexity index is 996. The first-order valence-corrected chi connectivity index (χ1v) is 8.89. The van der Waals surface area contributed by atoms with Crippen molar-refractivity contribution in [2.24, 2.45) is 0 Å². The summed E-state index contributed by atoms with van der Waals surface area (Å²) in [5, 5.41) is 1.94. The van der Waals surface area contributed by atoms with Gasteiger partial charge in [-0.15, -0.1) is 11.3 Å². The predicted molar refractivity (Wildman–Crippen MR) is 99.9 cm³/mol. The van der Waals surface area contributed by atoms with Crippen LogP contribution < -0.4 is 5.56 Å². The zero-order valence-electron chi connectivity index (χ0n) is 14.7. The summed E-state index contributed by atoms with van der Waals surface area (Å²) in [5.74, 6) is -0.452. The molecule has 3 aromatic rings. The van der Waals surface area contributed by atoms with Crippen LogP contribution in [0.15, 0.2) is 40.8 Å². The number of aromatic nitrogens is 2. The lowest BCUT2D eigenvalue weighted by Gasteiger charge is -2.19. The molecule has 0 aliphatic heterocycles. The van der Waals surface area contributed by atoms with Gasteiger partial charge in [0.15, 0.2) is 0 Å². The summed E-state index contributed by atoms with van der Waals surface area (Å²) in [5.41, 5.74) is 3.00. The van der Waals surface area contributed by atoms with Crippen LogP contribution in [-0.2, 0) is 16.1 Å². The fourth-order valence-electron chi connectivity index (χ4n) is 2.63. The van der Waals surface area contributed by atoms with E-state index >= 15 is 0 Å². The third-order valence-corrected chi connectivity index (χ3v) is 4.66. The van der Waals surface area contributed by atoms with Gasteiger partial charge in [0.25, 0.3) is 5.56 Å². The van der Waals surface area contributed by atoms with Crippen LogP contribution in [-0.4, -0.2) is 21.1 Å². The number of thiophene rings is 1. The highest BCUT2D eigenvalue weighted by Gasteiger charge is 2.19. The summed E-state index contributed by atoms with van der Waals surface area (Å²) in [4.78, 5) is 29.1. The fraction of sp³-hybridized carbons (Fsp3) is 0.316. The van der Waals surface area contributed by atoms with E-state index in [2.05, 4.69) is 4.98 Å². The maximum Gasteiger partial charge on any atom is 0.326 e. The van der Waals surface area contributed by atoms with Gasteiger partial charge in [0.2, 0.25) is 0 Å². The molecule has 0 aliphatic carbocycles. The fourth-order valence-corrected chi connectivity index (χ4v) is 3.60. The Kier molecular flexibility index (Phi) is 4.47. The average Bonchev–Trinajstić information content (AvgIpc) is 2.93. The first kappa shape index (κ1) is 17.4. The molecule has 2 aromatic heterocycles. The summed E-state index contributed by atoms with van der Waals surface area (Å²) < 4.78 is 7.12. The van der Waals surface area contributed by atoms with Crippen LogP contribution in [0.5, 0.6) is 0 Å². The number of carbonyl (C=O) groups excluding carboxylic acids is 1. The Labute approximate surface area is 149 Å². The van der Waals surface area contributed by atoms with Crippen molar-refractivity contribution < 1.29 is 9.53 Å². The van der Waals surface area contributed by atoms with Gasteiger partial charge in [-0.3, -0.25) is 14.2 Å². The van der Waals surface area contributed by atoms with Crippen LogP contribution >= 0.6 is 11.3 Å². The molecule has 0 radical (unpaired) electrons. The number of fused-ring (bicyclic) bond motifs is 1. The van der Waals surface area contributed by atoms with Crippen molar-refractivity contribution in [2.75, 3.05) is 0 Å². The number of rotatable bonds is 3. The average molecular weight is 356 g/mol. The minimum atomic E-state index is -0.584. The molecule has 130 valence electrons. The van der Waals surface area contributed by atoms with Crippen molar-refractivity contribution in [3.8, 4) is 11.1 Å². The van der Waals surface area contributed by atoms with Crippen molar-refractivity contribution in [3.05, 3.63) is 51.9 Å². The normalized spacial score (nSPS) is 11.7. The molecule has 2 heterocycles. The SMILES string of the molecule is Cc1ccccc1-c1csc2c(=O)n(CC(=O)OC(C)(C)C)cnc12. The quantitative estimate of drug-likeness (QED) is 0.670. The van der Waals surface area contributed by atoms with Gasteiger partial charge in [-0.05, 0) is 38.8 Å². The van der Waals surface area contributed by atoms with E-state index in [4.69, 9.17) is 4.74 Å². The van der Waals surface area contributed by atoms with E-state index in [0.29, 0.717) is 10.2 Å². The summed E-state index contributed by atoms with van der Waals surface area (Å²) in [6, 6.07) is 8.00. The van der Waals surface area contributed by atoms with Crippen LogP contribution in [0.2, 0.25) is 0 Å². The van der Waals surface area contributed by atoms with Crippen molar-refractivity contribution in [3.63, 3.8) is 0 Å². The van der Waals surface area contributed by atoms with Gasteiger partial charge in [-0.1, -0.05) is 24.3 Å². The number of esters is 1. The smallest absolute Gasteiger partial charge is 0.326 e. The number of hydrogen-bond acceptors (Lipinski definition) is 5. The van der Waals surface area contributed by atoms with Gasteiger partial charge in [-0.2, -0.15) is 0 Å². The van der Waals surface area contributed by atoms with E-state index in [1.54, 1.807) is 20.8 Å². The van der Waals surface area contributed by atoms with Crippen LogP contribution in [0, 0.1) is 6.92 Å². The Morgan fingerprint density at radius 2 is 1.96 bits per heavy atom. The first-order chi connectivity index (χ1) is 11.8. The first-order valence-electron chi connectivity index (χ1n) is 8.01. The zero-order valence-corrected chi connectivity index (χ0v) is 15.5. The monoisotopic (exact) mass is 356 g/mol. The second-order valence-electron chi connectivity index (χ2n) is 6.91. The van der Waals surface area contributed by atoms with E-state index < -0.39 is 11.6 Å². The zero-order chi connectivity index (χ0) is 18.2. The van der Waals surface area contributed by atoms with E-state index in [1.165, 1.54) is 22.2 Å². The molecular formula is C19H20N2O3S. The largest absolute Gasteiger partial charge is 0.459 e. The number of hydrogen-bond donors (Lipinski definition) is 0. The molecule has 0 aliphatic rings. The van der Waals surface area contributed by atoms with E-state index in [0.717, 1.165) is 16.7 Å². The van der Waals surface area contributed by atoms with Crippen LogP contribution in [0.25, 0.3) is 21.3 Å². The van der Waals surface area contributed by atoms with E-state index in [1.807, 2.05) is 36.6 Å². The second kappa shape index (κ2) is 6.44. The second-order valence-corrected chi connectivity index (χ2v) is 7.79. The number of carbonyl (C=O) groups is 1. The lowest BCUT2D eigenvalue weighted by atomic mass is 10.0. The molecule has 1 aromatic carbocycles. The molecule has 3 rings (SSSR count). The third kappa shape index (κ3) is 3.64. The highest BCUT2D eigenvalue weighted by Crippen LogP contribution is 2.32. The minimum Gasteiger partial charge on any atom is -0.459 e. The number of ether oxygens (including phenoxy) is 1. The van der Waals surface area contributed by atoms with Gasteiger partial charge in [0.1, 0.15) is 16.8 Å². The predicted octanol–water partition coefficient (Wildman–Crippen LogP) is 3.78. The van der Waals surface area contributed by atoms with Gasteiger partial charge in [-0.25, -0.2) is 4.98 Å². The number of benzene rings is 1. The van der Waals surface area contributed by atoms with Gasteiger partial charge >= 0.3 is 5.97 Å². The van der Waals surface area contributed by atoms with Crippen molar-refractivity contribution in [1.82, 2.24) is 9.55 Å². The van der Waals surface area contributed by atoms with E-state index in [-0.39, 0.29) is 12.1 Å². The van der Waals surface area contributed by atoms with Crippen molar-refractivity contribution in [2.45, 2.75) is 39.8 Å². The summed E-state index contributed by atoms with van der Waals surface area (Å²) >= 11 is 1.35. The molecule has 0 spiro atoms. The third-order valence-electron chi connectivity index (χ3n) is 3.70. The Morgan fingerprint density at radius 1 is 1.24 bits per heavy atom. The van der Waals surface area contributed by atoms with Crippen LogP contribution in [0.1, 0.15) is 26.3 Å². The molecule has 0 saturated heterocycles. The molecule has 0 bridgehead atoms. The van der Waals surface area contributed by atoms with Crippen molar-refractivity contribution >= 4 is 27.5 Å². The summed E-state index contributed by atoms with van der Waals surface area (Å²) in [7, 11) is 0. The Morgan fingerprint density at radius 3 is 2.64 bits per heavy atom. The van der Waals surface area contributed by atoms with E-state index in [9.17, 15) is 9.59 Å². The summed E-state index contributed by atoms with van der Waals surface area (Å²) in [6.45, 7) is 7.27. The van der Waals surface area contributed by atoms with Crippen LogP contribution in [0.4, 0.5) is 0 Å². The van der Waals surface area contributed by atoms with Crippen molar-refractivity contribution in [1.29, 1.82) is 0 Å². The van der Waals surface area contributed by atoms with Gasteiger partial charge < -0.3 is 4.74 Å². The highest BCUT2D eigenvalue weighted by atomic mass is 32.1. The summed E-state index contributed by atoms with van der Waals surface area (Å²) in [6.07, 6.45) is 1.42. The minimum absolute atomic E-state index is 0.142.